The van der Waals surface area contributed by atoms with Crippen LogP contribution in [0.2, 0.25) is 0 Å². The maximum atomic E-state index is 11.7. The number of anilines is 1. The molecule has 0 atom stereocenters. The first-order valence-corrected chi connectivity index (χ1v) is 5.96. The molecule has 0 aliphatic rings. The first-order valence-electron chi connectivity index (χ1n) is 5.96. The van der Waals surface area contributed by atoms with Crippen molar-refractivity contribution in [3.63, 3.8) is 0 Å². The quantitative estimate of drug-likeness (QED) is 0.605. The van der Waals surface area contributed by atoms with Crippen LogP contribution in [0.15, 0.2) is 39.7 Å². The lowest BCUT2D eigenvalue weighted by Gasteiger charge is -2.02. The lowest BCUT2D eigenvalue weighted by atomic mass is 10.1. The first-order chi connectivity index (χ1) is 9.15. The Morgan fingerprint density at radius 1 is 1.16 bits per heavy atom. The summed E-state index contributed by atoms with van der Waals surface area (Å²) in [5, 5.41) is 11.0. The SMILES string of the molecule is CC.Nc1cc2oc(=O)c3cc(O)ccc3c2cn1. The minimum absolute atomic E-state index is 0.0209. The number of hydrogen-bond donors (Lipinski definition) is 2. The number of rotatable bonds is 0. The van der Waals surface area contributed by atoms with E-state index in [1.807, 2.05) is 13.8 Å². The Labute approximate surface area is 109 Å². The van der Waals surface area contributed by atoms with Crippen molar-refractivity contribution in [2.24, 2.45) is 0 Å². The number of fused-ring (bicyclic) bond motifs is 3. The van der Waals surface area contributed by atoms with Gasteiger partial charge in [0.1, 0.15) is 17.2 Å². The second-order valence-electron chi connectivity index (χ2n) is 3.72. The summed E-state index contributed by atoms with van der Waals surface area (Å²) in [7, 11) is 0. The summed E-state index contributed by atoms with van der Waals surface area (Å²) in [5.41, 5.74) is 5.41. The molecule has 5 heteroatoms. The van der Waals surface area contributed by atoms with Crippen LogP contribution in [0.5, 0.6) is 5.75 Å². The third-order valence-corrected chi connectivity index (χ3v) is 2.60. The zero-order valence-corrected chi connectivity index (χ0v) is 10.7. The smallest absolute Gasteiger partial charge is 0.344 e. The second kappa shape index (κ2) is 4.97. The molecule has 19 heavy (non-hydrogen) atoms. The van der Waals surface area contributed by atoms with Crippen LogP contribution in [-0.4, -0.2) is 10.1 Å². The normalized spacial score (nSPS) is 10.2. The molecule has 0 fully saturated rings. The highest BCUT2D eigenvalue weighted by atomic mass is 16.4. The van der Waals surface area contributed by atoms with E-state index in [4.69, 9.17) is 10.2 Å². The predicted octanol–water partition coefficient (Wildman–Crippen LogP) is 2.66. The van der Waals surface area contributed by atoms with Crippen LogP contribution in [0.4, 0.5) is 5.82 Å². The Kier molecular flexibility index (Phi) is 3.37. The van der Waals surface area contributed by atoms with E-state index in [1.165, 1.54) is 18.2 Å². The molecule has 0 saturated carbocycles. The summed E-state index contributed by atoms with van der Waals surface area (Å²) in [6.07, 6.45) is 1.55. The van der Waals surface area contributed by atoms with Crippen LogP contribution in [0.3, 0.4) is 0 Å². The van der Waals surface area contributed by atoms with Crippen LogP contribution in [-0.2, 0) is 0 Å². The fraction of sp³-hybridized carbons (Fsp3) is 0.143. The average Bonchev–Trinajstić information content (AvgIpc) is 2.41. The second-order valence-corrected chi connectivity index (χ2v) is 3.72. The fourth-order valence-corrected chi connectivity index (χ4v) is 1.83. The topological polar surface area (TPSA) is 89.3 Å². The summed E-state index contributed by atoms with van der Waals surface area (Å²) < 4.78 is 5.12. The van der Waals surface area contributed by atoms with Crippen LogP contribution in [0.25, 0.3) is 21.7 Å². The molecule has 0 amide bonds. The molecule has 0 saturated heterocycles. The standard InChI is InChI=1S/C12H8N2O3.C2H6/c13-11-4-10-9(5-14-11)7-2-1-6(15)3-8(7)12(16)17-10;1-2/h1-5,15H,(H2,13,14);1-2H3. The molecule has 3 N–H and O–H groups in total. The number of pyridine rings is 1. The molecule has 0 spiro atoms. The molecule has 0 unspecified atom stereocenters. The Morgan fingerprint density at radius 3 is 2.63 bits per heavy atom. The van der Waals surface area contributed by atoms with Gasteiger partial charge in [-0.1, -0.05) is 13.8 Å². The Balaban J connectivity index is 0.000000637. The van der Waals surface area contributed by atoms with Crippen LogP contribution in [0.1, 0.15) is 13.8 Å². The van der Waals surface area contributed by atoms with Crippen molar-refractivity contribution >= 4 is 27.6 Å². The monoisotopic (exact) mass is 258 g/mol. The number of phenolic OH excluding ortho intramolecular Hbond substituents is 1. The summed E-state index contributed by atoms with van der Waals surface area (Å²) in [4.78, 5) is 15.7. The molecule has 1 aromatic carbocycles. The van der Waals surface area contributed by atoms with Crippen molar-refractivity contribution in [2.75, 3.05) is 5.73 Å². The van der Waals surface area contributed by atoms with E-state index in [0.29, 0.717) is 27.6 Å². The molecular weight excluding hydrogens is 244 g/mol. The molecule has 3 rings (SSSR count). The van der Waals surface area contributed by atoms with Crippen molar-refractivity contribution in [2.45, 2.75) is 13.8 Å². The Morgan fingerprint density at radius 2 is 1.89 bits per heavy atom. The van der Waals surface area contributed by atoms with Gasteiger partial charge in [-0.25, -0.2) is 9.78 Å². The van der Waals surface area contributed by atoms with E-state index in [-0.39, 0.29) is 5.75 Å². The van der Waals surface area contributed by atoms with Gasteiger partial charge in [0.2, 0.25) is 0 Å². The number of nitrogens with zero attached hydrogens (tertiary/aromatic N) is 1. The molecule has 98 valence electrons. The minimum atomic E-state index is -0.506. The zero-order valence-electron chi connectivity index (χ0n) is 10.7. The minimum Gasteiger partial charge on any atom is -0.508 e. The number of hydrogen-bond acceptors (Lipinski definition) is 5. The molecule has 3 aromatic rings. The summed E-state index contributed by atoms with van der Waals surface area (Å²) in [6, 6.07) is 6.04. The number of benzene rings is 1. The van der Waals surface area contributed by atoms with E-state index >= 15 is 0 Å². The average molecular weight is 258 g/mol. The highest BCUT2D eigenvalue weighted by molar-refractivity contribution is 6.04. The van der Waals surface area contributed by atoms with Crippen molar-refractivity contribution in [1.29, 1.82) is 0 Å². The Hall–Kier alpha value is -2.56. The summed E-state index contributed by atoms with van der Waals surface area (Å²) in [6.45, 7) is 4.00. The number of nitrogen functional groups attached to an aromatic ring is 1. The van der Waals surface area contributed by atoms with Gasteiger partial charge in [-0.2, -0.15) is 0 Å². The Bertz CT molecular complexity index is 794. The molecule has 2 heterocycles. The lowest BCUT2D eigenvalue weighted by Crippen LogP contribution is -2.00. The van der Waals surface area contributed by atoms with Gasteiger partial charge in [0, 0.05) is 23.0 Å². The number of aromatic nitrogens is 1. The molecule has 0 bridgehead atoms. The van der Waals surface area contributed by atoms with Crippen molar-refractivity contribution in [3.8, 4) is 5.75 Å². The third kappa shape index (κ3) is 2.22. The summed E-state index contributed by atoms with van der Waals surface area (Å²) >= 11 is 0. The summed E-state index contributed by atoms with van der Waals surface area (Å²) in [5.74, 6) is 0.311. The zero-order chi connectivity index (χ0) is 14.0. The molecular formula is C14H14N2O3. The number of aromatic hydroxyl groups is 1. The van der Waals surface area contributed by atoms with Gasteiger partial charge in [0.15, 0.2) is 0 Å². The van der Waals surface area contributed by atoms with Crippen LogP contribution >= 0.6 is 0 Å². The van der Waals surface area contributed by atoms with Crippen molar-refractivity contribution < 1.29 is 9.52 Å². The molecule has 5 nitrogen and oxygen atoms in total. The maximum absolute atomic E-state index is 11.7. The van der Waals surface area contributed by atoms with E-state index in [9.17, 15) is 9.90 Å². The lowest BCUT2D eigenvalue weighted by molar-refractivity contribution is 0.475. The fourth-order valence-electron chi connectivity index (χ4n) is 1.83. The van der Waals surface area contributed by atoms with Crippen molar-refractivity contribution in [3.05, 3.63) is 40.9 Å². The van der Waals surface area contributed by atoms with E-state index in [0.717, 1.165) is 0 Å². The van der Waals surface area contributed by atoms with Crippen LogP contribution < -0.4 is 11.4 Å². The molecule has 2 aromatic heterocycles. The number of phenols is 1. The highest BCUT2D eigenvalue weighted by Gasteiger charge is 2.08. The van der Waals surface area contributed by atoms with Gasteiger partial charge in [-0.05, 0) is 18.2 Å². The van der Waals surface area contributed by atoms with Gasteiger partial charge in [0.05, 0.1) is 5.39 Å². The van der Waals surface area contributed by atoms with Gasteiger partial charge in [-0.3, -0.25) is 0 Å². The van der Waals surface area contributed by atoms with Gasteiger partial charge in [-0.15, -0.1) is 0 Å². The largest absolute Gasteiger partial charge is 0.508 e. The van der Waals surface area contributed by atoms with Gasteiger partial charge < -0.3 is 15.3 Å². The maximum Gasteiger partial charge on any atom is 0.344 e. The number of nitrogens with two attached hydrogens (primary N) is 1. The van der Waals surface area contributed by atoms with E-state index in [2.05, 4.69) is 4.98 Å². The van der Waals surface area contributed by atoms with Gasteiger partial charge >= 0.3 is 5.63 Å². The molecule has 0 radical (unpaired) electrons. The van der Waals surface area contributed by atoms with E-state index in [1.54, 1.807) is 12.3 Å². The van der Waals surface area contributed by atoms with E-state index < -0.39 is 5.63 Å². The van der Waals surface area contributed by atoms with Crippen molar-refractivity contribution in [1.82, 2.24) is 4.98 Å². The molecule has 0 aliphatic heterocycles. The third-order valence-electron chi connectivity index (χ3n) is 2.60. The van der Waals surface area contributed by atoms with Gasteiger partial charge in [0.25, 0.3) is 0 Å². The highest BCUT2D eigenvalue weighted by Crippen LogP contribution is 2.25. The first kappa shape index (κ1) is 12.9. The molecule has 0 aliphatic carbocycles. The predicted molar refractivity (Wildman–Crippen MR) is 75.2 cm³/mol. The van der Waals surface area contributed by atoms with Crippen LogP contribution in [0, 0.1) is 0 Å².